The lowest BCUT2D eigenvalue weighted by Gasteiger charge is -2.07. The molecule has 26 heavy (non-hydrogen) atoms. The van der Waals surface area contributed by atoms with Gasteiger partial charge in [-0.2, -0.15) is 0 Å². The van der Waals surface area contributed by atoms with Crippen molar-refractivity contribution >= 4 is 23.3 Å². The number of H-pyrrole nitrogens is 1. The Labute approximate surface area is 152 Å². The third kappa shape index (κ3) is 4.59. The van der Waals surface area contributed by atoms with E-state index in [2.05, 4.69) is 10.3 Å². The van der Waals surface area contributed by atoms with Gasteiger partial charge >= 0.3 is 5.97 Å². The van der Waals surface area contributed by atoms with Crippen LogP contribution in [0.5, 0.6) is 0 Å². The molecule has 0 saturated carbocycles. The van der Waals surface area contributed by atoms with E-state index in [1.165, 1.54) is 6.92 Å². The summed E-state index contributed by atoms with van der Waals surface area (Å²) in [4.78, 5) is 38.6. The number of benzene rings is 1. The van der Waals surface area contributed by atoms with Gasteiger partial charge in [0.15, 0.2) is 5.78 Å². The fourth-order valence-corrected chi connectivity index (χ4v) is 2.85. The fourth-order valence-electron chi connectivity index (χ4n) is 2.85. The molecule has 0 aliphatic rings. The van der Waals surface area contributed by atoms with Crippen molar-refractivity contribution in [2.45, 2.75) is 40.5 Å². The maximum absolute atomic E-state index is 12.2. The van der Waals surface area contributed by atoms with Crippen LogP contribution < -0.4 is 5.32 Å². The Hall–Kier alpha value is -2.89. The maximum atomic E-state index is 12.2. The first-order valence-corrected chi connectivity index (χ1v) is 8.59. The monoisotopic (exact) mass is 356 g/mol. The number of nitrogens with one attached hydrogen (secondary N) is 2. The summed E-state index contributed by atoms with van der Waals surface area (Å²) in [5.41, 5.74) is 4.20. The summed E-state index contributed by atoms with van der Waals surface area (Å²) in [6.07, 6.45) is 0.776. The zero-order chi connectivity index (χ0) is 19.3. The summed E-state index contributed by atoms with van der Waals surface area (Å²) in [5.74, 6) is -0.584. The summed E-state index contributed by atoms with van der Waals surface area (Å²) in [7, 11) is 0. The third-order valence-corrected chi connectivity index (χ3v) is 4.23. The number of Topliss-reactive ketones (excluding diaryl/α,β-unsaturated/α-hetero) is 1. The van der Waals surface area contributed by atoms with Crippen LogP contribution in [0.3, 0.4) is 0 Å². The third-order valence-electron chi connectivity index (χ3n) is 4.23. The lowest BCUT2D eigenvalue weighted by atomic mass is 10.0. The minimum atomic E-state index is -0.384. The molecule has 1 amide bonds. The van der Waals surface area contributed by atoms with Crippen LogP contribution in [-0.4, -0.2) is 29.3 Å². The van der Waals surface area contributed by atoms with E-state index >= 15 is 0 Å². The van der Waals surface area contributed by atoms with Gasteiger partial charge in [0.2, 0.25) is 5.91 Å². The molecule has 1 heterocycles. The van der Waals surface area contributed by atoms with E-state index in [1.54, 1.807) is 31.2 Å². The highest BCUT2D eigenvalue weighted by atomic mass is 16.5. The number of aromatic amines is 1. The number of aromatic nitrogens is 1. The highest BCUT2D eigenvalue weighted by Crippen LogP contribution is 2.21. The number of hydrogen-bond donors (Lipinski definition) is 2. The topological polar surface area (TPSA) is 88.3 Å². The highest BCUT2D eigenvalue weighted by Gasteiger charge is 2.18. The predicted molar refractivity (Wildman–Crippen MR) is 99.6 cm³/mol. The Morgan fingerprint density at radius 3 is 2.58 bits per heavy atom. The molecule has 0 fully saturated rings. The van der Waals surface area contributed by atoms with E-state index in [0.717, 1.165) is 16.8 Å². The van der Waals surface area contributed by atoms with Gasteiger partial charge in [0.25, 0.3) is 0 Å². The zero-order valence-corrected chi connectivity index (χ0v) is 15.6. The molecule has 1 aromatic heterocycles. The molecule has 0 saturated heterocycles. The van der Waals surface area contributed by atoms with E-state index in [9.17, 15) is 14.4 Å². The maximum Gasteiger partial charge on any atom is 0.355 e. The van der Waals surface area contributed by atoms with Gasteiger partial charge in [-0.05, 0) is 57.4 Å². The molecule has 0 atom stereocenters. The predicted octanol–water partition coefficient (Wildman–Crippen LogP) is 3.58. The first-order chi connectivity index (χ1) is 12.3. The van der Waals surface area contributed by atoms with Crippen LogP contribution in [0.15, 0.2) is 24.3 Å². The number of aryl methyl sites for hydroxylation is 1. The molecular formula is C20H24N2O4. The first-order valence-electron chi connectivity index (χ1n) is 8.59. The van der Waals surface area contributed by atoms with Crippen molar-refractivity contribution in [2.24, 2.45) is 0 Å². The van der Waals surface area contributed by atoms with Gasteiger partial charge in [-0.25, -0.2) is 4.79 Å². The van der Waals surface area contributed by atoms with E-state index in [-0.39, 0.29) is 24.1 Å². The number of carbonyl (C=O) groups is 3. The molecule has 0 bridgehead atoms. The number of esters is 1. The van der Waals surface area contributed by atoms with Crippen molar-refractivity contribution in [1.82, 2.24) is 4.98 Å². The van der Waals surface area contributed by atoms with Crippen molar-refractivity contribution < 1.29 is 19.1 Å². The van der Waals surface area contributed by atoms with E-state index < -0.39 is 0 Å². The van der Waals surface area contributed by atoms with Gasteiger partial charge in [0, 0.05) is 23.4 Å². The zero-order valence-electron chi connectivity index (χ0n) is 15.6. The number of carbonyl (C=O) groups excluding carboxylic acids is 3. The summed E-state index contributed by atoms with van der Waals surface area (Å²) in [6, 6.07) is 6.85. The average Bonchev–Trinajstić information content (AvgIpc) is 2.88. The molecule has 1 aromatic carbocycles. The van der Waals surface area contributed by atoms with Crippen LogP contribution in [0.1, 0.15) is 57.9 Å². The second-order valence-corrected chi connectivity index (χ2v) is 6.13. The van der Waals surface area contributed by atoms with Gasteiger partial charge in [-0.15, -0.1) is 0 Å². The van der Waals surface area contributed by atoms with Crippen LogP contribution in [0.4, 0.5) is 5.69 Å². The molecule has 6 heteroatoms. The number of ketones is 1. The van der Waals surface area contributed by atoms with Crippen molar-refractivity contribution in [3.05, 3.63) is 52.3 Å². The van der Waals surface area contributed by atoms with Crippen LogP contribution >= 0.6 is 0 Å². The quantitative estimate of drug-likeness (QED) is 0.586. The minimum absolute atomic E-state index is 0.0498. The number of ether oxygens (including phenoxy) is 1. The Bertz CT molecular complexity index is 836. The van der Waals surface area contributed by atoms with Crippen molar-refractivity contribution in [1.29, 1.82) is 0 Å². The molecule has 6 nitrogen and oxygen atoms in total. The highest BCUT2D eigenvalue weighted by molar-refractivity contribution is 5.97. The summed E-state index contributed by atoms with van der Waals surface area (Å²) < 4.78 is 5.04. The largest absolute Gasteiger partial charge is 0.461 e. The molecule has 0 aliphatic heterocycles. The lowest BCUT2D eigenvalue weighted by molar-refractivity contribution is -0.116. The van der Waals surface area contributed by atoms with Gasteiger partial charge in [-0.1, -0.05) is 12.1 Å². The summed E-state index contributed by atoms with van der Waals surface area (Å²) in [6.45, 7) is 7.28. The van der Waals surface area contributed by atoms with Crippen molar-refractivity contribution in [3.63, 3.8) is 0 Å². The van der Waals surface area contributed by atoms with Crippen molar-refractivity contribution in [2.75, 3.05) is 11.9 Å². The van der Waals surface area contributed by atoms with Crippen LogP contribution in [0.2, 0.25) is 0 Å². The fraction of sp³-hybridized carbons (Fsp3) is 0.350. The van der Waals surface area contributed by atoms with Crippen LogP contribution in [0, 0.1) is 13.8 Å². The summed E-state index contributed by atoms with van der Waals surface area (Å²) in [5, 5.41) is 2.80. The van der Waals surface area contributed by atoms with E-state index in [0.29, 0.717) is 30.0 Å². The van der Waals surface area contributed by atoms with Gasteiger partial charge in [0.1, 0.15) is 5.69 Å². The number of rotatable bonds is 7. The number of anilines is 1. The number of hydrogen-bond acceptors (Lipinski definition) is 4. The smallest absolute Gasteiger partial charge is 0.355 e. The lowest BCUT2D eigenvalue weighted by Crippen LogP contribution is -2.13. The molecule has 0 radical (unpaired) electrons. The molecule has 2 rings (SSSR count). The normalized spacial score (nSPS) is 10.5. The van der Waals surface area contributed by atoms with E-state index in [4.69, 9.17) is 4.74 Å². The molecule has 2 N–H and O–H groups in total. The Balaban J connectivity index is 2.02. The molecule has 0 aliphatic carbocycles. The first kappa shape index (κ1) is 19.4. The molecular weight excluding hydrogens is 332 g/mol. The molecule has 138 valence electrons. The van der Waals surface area contributed by atoms with Gasteiger partial charge in [0.05, 0.1) is 6.61 Å². The SMILES string of the molecule is CCOC(=O)c1[nH]c(C)c(CCC(=O)Nc2cccc(C(C)=O)c2)c1C. The number of amides is 1. The second kappa shape index (κ2) is 8.47. The Morgan fingerprint density at radius 1 is 1.19 bits per heavy atom. The van der Waals surface area contributed by atoms with Crippen molar-refractivity contribution in [3.8, 4) is 0 Å². The Morgan fingerprint density at radius 2 is 1.92 bits per heavy atom. The molecule has 0 spiro atoms. The van der Waals surface area contributed by atoms with Crippen LogP contribution in [0.25, 0.3) is 0 Å². The molecule has 0 unspecified atom stereocenters. The molecule has 2 aromatic rings. The van der Waals surface area contributed by atoms with Gasteiger partial charge in [-0.3, -0.25) is 9.59 Å². The average molecular weight is 356 g/mol. The standard InChI is InChI=1S/C20H24N2O4/c1-5-26-20(25)19-12(2)17(13(3)21-19)9-10-18(24)22-16-8-6-7-15(11-16)14(4)23/h6-8,11,21H,5,9-10H2,1-4H3,(H,22,24). The summed E-state index contributed by atoms with van der Waals surface area (Å²) >= 11 is 0. The van der Waals surface area contributed by atoms with Crippen LogP contribution in [-0.2, 0) is 16.0 Å². The minimum Gasteiger partial charge on any atom is -0.461 e. The van der Waals surface area contributed by atoms with E-state index in [1.807, 2.05) is 13.8 Å². The Kier molecular flexibility index (Phi) is 6.33. The second-order valence-electron chi connectivity index (χ2n) is 6.13. The van der Waals surface area contributed by atoms with Gasteiger partial charge < -0.3 is 15.0 Å².